The monoisotopic (exact) mass is 501 g/mol. The maximum absolute atomic E-state index is 13.6. The Balaban J connectivity index is 1.54. The van der Waals surface area contributed by atoms with Crippen molar-refractivity contribution < 1.29 is 33.6 Å². The van der Waals surface area contributed by atoms with Crippen LogP contribution in [0, 0.1) is 0 Å². The molecule has 5 heterocycles. The number of aromatic nitrogens is 5. The van der Waals surface area contributed by atoms with Crippen LogP contribution < -0.4 is 10.2 Å². The van der Waals surface area contributed by atoms with Gasteiger partial charge in [-0.1, -0.05) is 0 Å². The first-order chi connectivity index (χ1) is 17.3. The van der Waals surface area contributed by atoms with Crippen molar-refractivity contribution in [2.75, 3.05) is 36.5 Å². The second kappa shape index (κ2) is 9.56. The highest BCUT2D eigenvalue weighted by Gasteiger charge is 2.27. The fourth-order valence-corrected chi connectivity index (χ4v) is 4.12. The van der Waals surface area contributed by atoms with Gasteiger partial charge in [-0.05, 0) is 18.2 Å². The van der Waals surface area contributed by atoms with Crippen LogP contribution in [0.15, 0.2) is 36.8 Å². The van der Waals surface area contributed by atoms with Crippen LogP contribution >= 0.6 is 0 Å². The standard InChI is InChI=1S/C22H21F2N7O5/c23-20(24)19-13-6-25-17(27-22(34)35)5-12(13)14(7-26-19)21-28-18-2-1-11(8-31(18)29-21)30-3-4-36-16(9-30)15(33)10-32/h1-2,5-8,15-16,20,32-33H,3-4,9-10H2,(H,25,27)(H,34,35)/t15-,16-/m0/s1. The number of nitrogens with zero attached hydrogens (tertiary/aromatic N) is 6. The lowest BCUT2D eigenvalue weighted by molar-refractivity contribution is -0.0631. The summed E-state index contributed by atoms with van der Waals surface area (Å²) in [6, 6.07) is 4.90. The summed E-state index contributed by atoms with van der Waals surface area (Å²) in [6.45, 7) is 0.898. The normalized spacial score (nSPS) is 17.1. The summed E-state index contributed by atoms with van der Waals surface area (Å²) in [6.07, 6.45) is -1.64. The number of carbonyl (C=O) groups is 1. The molecule has 0 aromatic carbocycles. The molecule has 1 amide bonds. The van der Waals surface area contributed by atoms with Crippen molar-refractivity contribution in [3.05, 3.63) is 42.5 Å². The summed E-state index contributed by atoms with van der Waals surface area (Å²) >= 11 is 0. The number of hydrogen-bond donors (Lipinski definition) is 4. The summed E-state index contributed by atoms with van der Waals surface area (Å²) < 4.78 is 34.2. The summed E-state index contributed by atoms with van der Waals surface area (Å²) in [5.41, 5.74) is 1.11. The third kappa shape index (κ3) is 4.48. The lowest BCUT2D eigenvalue weighted by Gasteiger charge is -2.36. The van der Waals surface area contributed by atoms with Crippen LogP contribution in [0.2, 0.25) is 0 Å². The van der Waals surface area contributed by atoms with Crippen LogP contribution in [0.5, 0.6) is 0 Å². The molecule has 0 spiro atoms. The molecular weight excluding hydrogens is 480 g/mol. The molecule has 0 bridgehead atoms. The molecule has 1 fully saturated rings. The average Bonchev–Trinajstić information content (AvgIpc) is 3.30. The second-order valence-corrected chi connectivity index (χ2v) is 8.13. The number of nitrogens with one attached hydrogen (secondary N) is 1. The van der Waals surface area contributed by atoms with Gasteiger partial charge in [0.05, 0.1) is 25.1 Å². The maximum atomic E-state index is 13.6. The van der Waals surface area contributed by atoms with Crippen LogP contribution in [-0.2, 0) is 4.74 Å². The number of pyridine rings is 3. The number of alkyl halides is 2. The van der Waals surface area contributed by atoms with Crippen molar-refractivity contribution >= 4 is 34.0 Å². The van der Waals surface area contributed by atoms with E-state index in [9.17, 15) is 23.8 Å². The first kappa shape index (κ1) is 23.7. The van der Waals surface area contributed by atoms with Gasteiger partial charge in [-0.2, -0.15) is 0 Å². The molecule has 0 saturated carbocycles. The highest BCUT2D eigenvalue weighted by atomic mass is 19.3. The van der Waals surface area contributed by atoms with Gasteiger partial charge in [0.25, 0.3) is 6.43 Å². The van der Waals surface area contributed by atoms with Crippen molar-refractivity contribution in [1.82, 2.24) is 24.6 Å². The highest BCUT2D eigenvalue weighted by Crippen LogP contribution is 2.33. The number of aliphatic hydroxyl groups excluding tert-OH is 2. The SMILES string of the molecule is O=C(O)Nc1cc2c(-c3nc4ccc(N5CCO[C@H]([C@@H](O)CO)C5)cn4n3)cnc(C(F)F)c2cn1. The van der Waals surface area contributed by atoms with E-state index in [1.165, 1.54) is 16.8 Å². The molecule has 188 valence electrons. The van der Waals surface area contributed by atoms with Crippen LogP contribution in [0.4, 0.5) is 25.1 Å². The topological polar surface area (TPSA) is 158 Å². The molecule has 0 aliphatic carbocycles. The minimum Gasteiger partial charge on any atom is -0.465 e. The maximum Gasteiger partial charge on any atom is 0.410 e. The summed E-state index contributed by atoms with van der Waals surface area (Å²) in [5, 5.41) is 35.1. The quantitative estimate of drug-likeness (QED) is 0.308. The Morgan fingerprint density at radius 3 is 2.83 bits per heavy atom. The fraction of sp³-hybridized carbons (Fsp3) is 0.318. The second-order valence-electron chi connectivity index (χ2n) is 8.13. The Labute approximate surface area is 201 Å². The smallest absolute Gasteiger partial charge is 0.410 e. The predicted octanol–water partition coefficient (Wildman–Crippen LogP) is 1.93. The van der Waals surface area contributed by atoms with Crippen LogP contribution in [0.3, 0.4) is 0 Å². The molecule has 2 atom stereocenters. The average molecular weight is 501 g/mol. The van der Waals surface area contributed by atoms with Crippen molar-refractivity contribution in [3.63, 3.8) is 0 Å². The van der Waals surface area contributed by atoms with Crippen molar-refractivity contribution in [1.29, 1.82) is 0 Å². The summed E-state index contributed by atoms with van der Waals surface area (Å²) in [7, 11) is 0. The van der Waals surface area contributed by atoms with Gasteiger partial charge in [0, 0.05) is 41.8 Å². The third-order valence-corrected chi connectivity index (χ3v) is 5.88. The number of rotatable bonds is 6. The Kier molecular flexibility index (Phi) is 6.30. The Hall–Kier alpha value is -4.01. The molecule has 4 N–H and O–H groups in total. The molecule has 36 heavy (non-hydrogen) atoms. The molecule has 4 aromatic heterocycles. The number of carboxylic acid groups (broad SMARTS) is 1. The van der Waals surface area contributed by atoms with Crippen LogP contribution in [0.1, 0.15) is 12.1 Å². The number of amides is 1. The number of morpholine rings is 1. The lowest BCUT2D eigenvalue weighted by Crippen LogP contribution is -2.48. The van der Waals surface area contributed by atoms with E-state index in [4.69, 9.17) is 9.84 Å². The minimum absolute atomic E-state index is 0.0411. The first-order valence-electron chi connectivity index (χ1n) is 10.9. The van der Waals surface area contributed by atoms with Gasteiger partial charge >= 0.3 is 6.09 Å². The third-order valence-electron chi connectivity index (χ3n) is 5.88. The van der Waals surface area contributed by atoms with E-state index in [0.29, 0.717) is 30.9 Å². The minimum atomic E-state index is -2.86. The van der Waals surface area contributed by atoms with E-state index in [1.807, 2.05) is 11.0 Å². The molecule has 1 saturated heterocycles. The molecular formula is C22H21F2N7O5. The van der Waals surface area contributed by atoms with E-state index >= 15 is 0 Å². The molecule has 4 aromatic rings. The van der Waals surface area contributed by atoms with Gasteiger partial charge in [-0.25, -0.2) is 28.1 Å². The number of ether oxygens (including phenoxy) is 1. The zero-order valence-electron chi connectivity index (χ0n) is 18.6. The molecule has 14 heteroatoms. The van der Waals surface area contributed by atoms with Crippen molar-refractivity contribution in [3.8, 4) is 11.4 Å². The Morgan fingerprint density at radius 1 is 1.25 bits per heavy atom. The van der Waals surface area contributed by atoms with Crippen molar-refractivity contribution in [2.45, 2.75) is 18.6 Å². The number of fused-ring (bicyclic) bond motifs is 2. The van der Waals surface area contributed by atoms with Gasteiger partial charge < -0.3 is 25.0 Å². The van der Waals surface area contributed by atoms with E-state index < -0.39 is 37.0 Å². The van der Waals surface area contributed by atoms with E-state index in [-0.39, 0.29) is 22.4 Å². The van der Waals surface area contributed by atoms with Gasteiger partial charge in [0.2, 0.25) is 0 Å². The molecule has 12 nitrogen and oxygen atoms in total. The zero-order valence-corrected chi connectivity index (χ0v) is 18.6. The van der Waals surface area contributed by atoms with E-state index in [0.717, 1.165) is 11.9 Å². The van der Waals surface area contributed by atoms with Crippen LogP contribution in [0.25, 0.3) is 27.8 Å². The lowest BCUT2D eigenvalue weighted by atomic mass is 10.1. The highest BCUT2D eigenvalue weighted by molar-refractivity contribution is 5.98. The predicted molar refractivity (Wildman–Crippen MR) is 123 cm³/mol. The zero-order chi connectivity index (χ0) is 25.4. The van der Waals surface area contributed by atoms with E-state index in [2.05, 4.69) is 25.4 Å². The van der Waals surface area contributed by atoms with Gasteiger partial charge in [-0.15, -0.1) is 5.10 Å². The number of hydrogen-bond acceptors (Lipinski definition) is 9. The van der Waals surface area contributed by atoms with Crippen LogP contribution in [-0.4, -0.2) is 84.5 Å². The largest absolute Gasteiger partial charge is 0.465 e. The first-order valence-corrected chi connectivity index (χ1v) is 10.9. The van der Waals surface area contributed by atoms with Gasteiger partial charge in [0.15, 0.2) is 11.5 Å². The molecule has 5 rings (SSSR count). The fourth-order valence-electron chi connectivity index (χ4n) is 4.12. The number of anilines is 2. The molecule has 1 aliphatic rings. The van der Waals surface area contributed by atoms with Gasteiger partial charge in [-0.3, -0.25) is 10.3 Å². The Bertz CT molecular complexity index is 1430. The van der Waals surface area contributed by atoms with Crippen molar-refractivity contribution in [2.24, 2.45) is 0 Å². The molecule has 1 aliphatic heterocycles. The summed E-state index contributed by atoms with van der Waals surface area (Å²) in [5.74, 6) is 0.161. The summed E-state index contributed by atoms with van der Waals surface area (Å²) in [4.78, 5) is 25.3. The number of aliphatic hydroxyl groups is 2. The number of halogens is 2. The molecule has 0 unspecified atom stereocenters. The van der Waals surface area contributed by atoms with E-state index in [1.54, 1.807) is 12.3 Å². The Morgan fingerprint density at radius 2 is 2.08 bits per heavy atom. The van der Waals surface area contributed by atoms with Gasteiger partial charge in [0.1, 0.15) is 23.7 Å². The molecule has 0 radical (unpaired) electrons.